The Kier molecular flexibility index (Phi) is 8.71. The van der Waals surface area contributed by atoms with E-state index in [2.05, 4.69) is 6.58 Å². The van der Waals surface area contributed by atoms with Gasteiger partial charge in [-0.05, 0) is 73.9 Å². The number of unbranched alkanes of at least 4 members (excludes halogenated alkanes) is 1. The fraction of sp³-hybridized carbons (Fsp3) is 0.385. The van der Waals surface area contributed by atoms with E-state index >= 15 is 0 Å². The predicted octanol–water partition coefficient (Wildman–Crippen LogP) is 5.73. The molecule has 5 nitrogen and oxygen atoms in total. The third-order valence-corrected chi connectivity index (χ3v) is 5.35. The van der Waals surface area contributed by atoms with Gasteiger partial charge in [0.1, 0.15) is 11.9 Å². The average Bonchev–Trinajstić information content (AvgIpc) is 2.82. The Bertz CT molecular complexity index is 848. The van der Waals surface area contributed by atoms with Crippen LogP contribution >= 0.6 is 0 Å². The lowest BCUT2D eigenvalue weighted by Crippen LogP contribution is -2.20. The number of carbonyl (C=O) groups excluding carboxylic acids is 2. The van der Waals surface area contributed by atoms with Crippen LogP contribution in [0.3, 0.4) is 0 Å². The molecule has 2 aromatic carbocycles. The first-order chi connectivity index (χ1) is 15.2. The zero-order chi connectivity index (χ0) is 21.9. The average molecular weight is 423 g/mol. The normalized spacial score (nSPS) is 13.9. The van der Waals surface area contributed by atoms with Gasteiger partial charge in [0.15, 0.2) is 0 Å². The van der Waals surface area contributed by atoms with Crippen molar-refractivity contribution in [3.63, 3.8) is 0 Å². The molecular formula is C26H30O5. The summed E-state index contributed by atoms with van der Waals surface area (Å²) < 4.78 is 16.3. The summed E-state index contributed by atoms with van der Waals surface area (Å²) in [5.41, 5.74) is 2.67. The van der Waals surface area contributed by atoms with E-state index in [1.165, 1.54) is 6.42 Å². The van der Waals surface area contributed by atoms with Crippen LogP contribution < -0.4 is 4.74 Å². The van der Waals surface area contributed by atoms with Gasteiger partial charge in [-0.15, -0.1) is 0 Å². The molecule has 0 bridgehead atoms. The molecule has 0 saturated heterocycles. The fourth-order valence-corrected chi connectivity index (χ4v) is 3.57. The van der Waals surface area contributed by atoms with Gasteiger partial charge in [-0.1, -0.05) is 37.3 Å². The van der Waals surface area contributed by atoms with Gasteiger partial charge in [0.2, 0.25) is 0 Å². The number of hydrogen-bond acceptors (Lipinski definition) is 5. The van der Waals surface area contributed by atoms with Crippen LogP contribution in [0.5, 0.6) is 5.75 Å². The summed E-state index contributed by atoms with van der Waals surface area (Å²) in [5.74, 6) is 0.159. The molecule has 0 aromatic heterocycles. The van der Waals surface area contributed by atoms with Gasteiger partial charge in [-0.25, -0.2) is 9.59 Å². The summed E-state index contributed by atoms with van der Waals surface area (Å²) in [6, 6.07) is 15.4. The smallest absolute Gasteiger partial charge is 0.338 e. The molecular weight excluding hydrogens is 392 g/mol. The number of rotatable bonds is 10. The largest absolute Gasteiger partial charge is 0.494 e. The molecule has 0 spiro atoms. The molecule has 1 fully saturated rings. The Morgan fingerprint density at radius 1 is 0.871 bits per heavy atom. The molecule has 1 aliphatic carbocycles. The second kappa shape index (κ2) is 11.9. The number of esters is 2. The quantitative estimate of drug-likeness (QED) is 0.278. The van der Waals surface area contributed by atoms with E-state index in [1.54, 1.807) is 0 Å². The monoisotopic (exact) mass is 422 g/mol. The number of benzene rings is 2. The second-order valence-corrected chi connectivity index (χ2v) is 7.69. The van der Waals surface area contributed by atoms with Crippen LogP contribution in [-0.2, 0) is 14.3 Å². The molecule has 0 N–H and O–H groups in total. The molecule has 0 aliphatic heterocycles. The first-order valence-electron chi connectivity index (χ1n) is 11.0. The third-order valence-electron chi connectivity index (χ3n) is 5.35. The van der Waals surface area contributed by atoms with Gasteiger partial charge in [-0.3, -0.25) is 0 Å². The molecule has 1 aliphatic rings. The highest BCUT2D eigenvalue weighted by atomic mass is 16.5. The lowest BCUT2D eigenvalue weighted by atomic mass is 9.98. The van der Waals surface area contributed by atoms with Gasteiger partial charge in [-0.2, -0.15) is 0 Å². The van der Waals surface area contributed by atoms with E-state index in [-0.39, 0.29) is 12.1 Å². The van der Waals surface area contributed by atoms with E-state index in [4.69, 9.17) is 14.2 Å². The lowest BCUT2D eigenvalue weighted by molar-refractivity contribution is -0.137. The molecule has 2 aromatic rings. The molecule has 1 saturated carbocycles. The molecule has 0 unspecified atom stereocenters. The van der Waals surface area contributed by atoms with Crippen LogP contribution in [0.4, 0.5) is 0 Å². The van der Waals surface area contributed by atoms with Crippen molar-refractivity contribution in [1.29, 1.82) is 0 Å². The number of carbonyl (C=O) groups is 2. The van der Waals surface area contributed by atoms with Crippen molar-refractivity contribution in [2.24, 2.45) is 0 Å². The van der Waals surface area contributed by atoms with Crippen molar-refractivity contribution in [3.05, 3.63) is 66.7 Å². The van der Waals surface area contributed by atoms with Gasteiger partial charge < -0.3 is 14.2 Å². The zero-order valence-electron chi connectivity index (χ0n) is 17.9. The van der Waals surface area contributed by atoms with E-state index in [9.17, 15) is 9.59 Å². The lowest BCUT2D eigenvalue weighted by Gasteiger charge is -2.21. The minimum atomic E-state index is -0.398. The van der Waals surface area contributed by atoms with Gasteiger partial charge >= 0.3 is 11.9 Å². The molecule has 5 heteroatoms. The minimum absolute atomic E-state index is 0.0654. The molecule has 0 radical (unpaired) electrons. The minimum Gasteiger partial charge on any atom is -0.494 e. The molecule has 3 rings (SSSR count). The highest BCUT2D eigenvalue weighted by Crippen LogP contribution is 2.25. The van der Waals surface area contributed by atoms with Crippen molar-refractivity contribution in [1.82, 2.24) is 0 Å². The van der Waals surface area contributed by atoms with Gasteiger partial charge in [0.25, 0.3) is 0 Å². The molecule has 0 heterocycles. The molecule has 31 heavy (non-hydrogen) atoms. The van der Waals surface area contributed by atoms with Gasteiger partial charge in [0.05, 0.1) is 18.8 Å². The standard InChI is InChI=1S/C26H30O5/c1-2-25(27)30-19-7-6-18-29-23-16-14-21(15-17-23)20-10-12-22(13-11-20)26(28)31-24-8-4-3-5-9-24/h2,10-17,24H,1,3-9,18-19H2. The molecule has 0 atom stereocenters. The Hall–Kier alpha value is -3.08. The second-order valence-electron chi connectivity index (χ2n) is 7.69. The SMILES string of the molecule is C=CC(=O)OCCCCOc1ccc(-c2ccc(C(=O)OC3CCCCC3)cc2)cc1. The maximum Gasteiger partial charge on any atom is 0.338 e. The first kappa shape index (κ1) is 22.6. The zero-order valence-corrected chi connectivity index (χ0v) is 17.9. The van der Waals surface area contributed by atoms with Crippen LogP contribution in [0, 0.1) is 0 Å². The van der Waals surface area contributed by atoms with Crippen LogP contribution in [-0.4, -0.2) is 31.3 Å². The van der Waals surface area contributed by atoms with Crippen molar-refractivity contribution >= 4 is 11.9 Å². The summed E-state index contributed by atoms with van der Waals surface area (Å²) in [6.45, 7) is 4.29. The third kappa shape index (κ3) is 7.28. The van der Waals surface area contributed by atoms with E-state index < -0.39 is 5.97 Å². The predicted molar refractivity (Wildman–Crippen MR) is 120 cm³/mol. The Labute approximate surface area is 184 Å². The topological polar surface area (TPSA) is 61.8 Å². The van der Waals surface area contributed by atoms with E-state index in [0.717, 1.165) is 61.5 Å². The maximum absolute atomic E-state index is 12.4. The van der Waals surface area contributed by atoms with Crippen molar-refractivity contribution in [2.75, 3.05) is 13.2 Å². The molecule has 164 valence electrons. The van der Waals surface area contributed by atoms with Crippen LogP contribution in [0.1, 0.15) is 55.3 Å². The van der Waals surface area contributed by atoms with Crippen molar-refractivity contribution in [3.8, 4) is 16.9 Å². The van der Waals surface area contributed by atoms with Gasteiger partial charge in [0, 0.05) is 6.08 Å². The number of hydrogen-bond donors (Lipinski definition) is 0. The fourth-order valence-electron chi connectivity index (χ4n) is 3.57. The molecule has 0 amide bonds. The Morgan fingerprint density at radius 3 is 2.13 bits per heavy atom. The van der Waals surface area contributed by atoms with Crippen molar-refractivity contribution in [2.45, 2.75) is 51.0 Å². The number of ether oxygens (including phenoxy) is 3. The summed E-state index contributed by atoms with van der Waals surface area (Å²) in [5, 5.41) is 0. The Balaban J connectivity index is 1.44. The highest BCUT2D eigenvalue weighted by Gasteiger charge is 2.18. The van der Waals surface area contributed by atoms with Crippen molar-refractivity contribution < 1.29 is 23.8 Å². The summed E-state index contributed by atoms with van der Waals surface area (Å²) in [6.07, 6.45) is 8.23. The summed E-state index contributed by atoms with van der Waals surface area (Å²) in [7, 11) is 0. The van der Waals surface area contributed by atoms with E-state index in [0.29, 0.717) is 18.8 Å². The first-order valence-corrected chi connectivity index (χ1v) is 11.0. The van der Waals surface area contributed by atoms with Crippen LogP contribution in [0.2, 0.25) is 0 Å². The van der Waals surface area contributed by atoms with Crippen LogP contribution in [0.25, 0.3) is 11.1 Å². The summed E-state index contributed by atoms with van der Waals surface area (Å²) >= 11 is 0. The Morgan fingerprint density at radius 2 is 1.48 bits per heavy atom. The van der Waals surface area contributed by atoms with E-state index in [1.807, 2.05) is 48.5 Å². The maximum atomic E-state index is 12.4. The van der Waals surface area contributed by atoms with Crippen LogP contribution in [0.15, 0.2) is 61.2 Å². The summed E-state index contributed by atoms with van der Waals surface area (Å²) in [4.78, 5) is 23.3. The highest BCUT2D eigenvalue weighted by molar-refractivity contribution is 5.90.